The van der Waals surface area contributed by atoms with Gasteiger partial charge in [-0.1, -0.05) is 30.3 Å². The fraction of sp³-hybridized carbons (Fsp3) is 0.538. The molecule has 1 aromatic carbocycles. The lowest BCUT2D eigenvalue weighted by atomic mass is 9.93. The summed E-state index contributed by atoms with van der Waals surface area (Å²) in [6, 6.07) is 9.83. The van der Waals surface area contributed by atoms with Gasteiger partial charge < -0.3 is 5.11 Å². The van der Waals surface area contributed by atoms with Crippen LogP contribution in [-0.4, -0.2) is 28.4 Å². The Balaban J connectivity index is 1.98. The molecule has 0 radical (unpaired) electrons. The van der Waals surface area contributed by atoms with Crippen LogP contribution in [0.1, 0.15) is 25.3 Å². The summed E-state index contributed by atoms with van der Waals surface area (Å²) in [5.41, 5.74) is 0.287. The van der Waals surface area contributed by atoms with Gasteiger partial charge in [-0.2, -0.15) is 4.89 Å². The number of hydrogen-bond acceptors (Lipinski definition) is 5. The monoisotopic (exact) mass is 254 g/mol. The van der Waals surface area contributed by atoms with Crippen molar-refractivity contribution in [1.29, 1.82) is 0 Å². The third kappa shape index (κ3) is 2.88. The van der Waals surface area contributed by atoms with Crippen molar-refractivity contribution in [3.63, 3.8) is 0 Å². The Bertz CT molecular complexity index is 382. The van der Waals surface area contributed by atoms with Crippen LogP contribution in [-0.2, 0) is 21.1 Å². The van der Waals surface area contributed by atoms with Crippen LogP contribution in [0.15, 0.2) is 30.3 Å². The van der Waals surface area contributed by atoms with E-state index < -0.39 is 11.4 Å². The average molecular weight is 254 g/mol. The molecule has 0 aliphatic carbocycles. The highest BCUT2D eigenvalue weighted by atomic mass is 17.3. The van der Waals surface area contributed by atoms with Crippen LogP contribution in [0, 0.1) is 0 Å². The molecule has 5 nitrogen and oxygen atoms in total. The molecule has 1 heterocycles. The van der Waals surface area contributed by atoms with Crippen molar-refractivity contribution in [2.24, 2.45) is 0 Å². The summed E-state index contributed by atoms with van der Waals surface area (Å²) in [6.07, 6.45) is 1.41. The maximum absolute atomic E-state index is 9.20. The third-order valence-corrected chi connectivity index (χ3v) is 3.18. The number of hydrogen-bond donors (Lipinski definition) is 2. The van der Waals surface area contributed by atoms with Crippen LogP contribution in [0.25, 0.3) is 0 Å². The highest BCUT2D eigenvalue weighted by molar-refractivity contribution is 5.15. The molecule has 0 aromatic heterocycles. The molecule has 1 aromatic rings. The molecule has 100 valence electrons. The molecule has 1 saturated heterocycles. The maximum atomic E-state index is 9.20. The van der Waals surface area contributed by atoms with Crippen molar-refractivity contribution in [3.8, 4) is 0 Å². The molecule has 0 bridgehead atoms. The van der Waals surface area contributed by atoms with Crippen LogP contribution in [0.4, 0.5) is 0 Å². The highest BCUT2D eigenvalue weighted by Crippen LogP contribution is 2.39. The summed E-state index contributed by atoms with van der Waals surface area (Å²) in [4.78, 5) is 14.6. The van der Waals surface area contributed by atoms with Gasteiger partial charge in [-0.05, 0) is 18.9 Å². The second-order valence-corrected chi connectivity index (χ2v) is 4.94. The summed E-state index contributed by atoms with van der Waals surface area (Å²) in [7, 11) is 0. The van der Waals surface area contributed by atoms with Crippen LogP contribution in [0.3, 0.4) is 0 Å². The van der Waals surface area contributed by atoms with Crippen molar-refractivity contribution < 1.29 is 25.0 Å². The minimum atomic E-state index is -1.20. The first-order valence-electron chi connectivity index (χ1n) is 5.96. The fourth-order valence-corrected chi connectivity index (χ4v) is 2.09. The predicted octanol–water partition coefficient (Wildman–Crippen LogP) is 1.91. The standard InChI is InChI=1S/C13H18O5/c1-12(10-14)9-13(16-15,18-17-12)8-7-11-5-3-2-4-6-11/h2-6,14-15H,7-10H2,1H3/t12-,13+/m1/s1. The van der Waals surface area contributed by atoms with Crippen molar-refractivity contribution in [1.82, 2.24) is 0 Å². The molecule has 1 fully saturated rings. The zero-order valence-corrected chi connectivity index (χ0v) is 10.3. The first kappa shape index (κ1) is 13.5. The van der Waals surface area contributed by atoms with Crippen LogP contribution >= 0.6 is 0 Å². The Morgan fingerprint density at radius 2 is 2.00 bits per heavy atom. The van der Waals surface area contributed by atoms with E-state index in [1.54, 1.807) is 6.92 Å². The first-order chi connectivity index (χ1) is 8.61. The van der Waals surface area contributed by atoms with Gasteiger partial charge in [-0.3, -0.25) is 0 Å². The van der Waals surface area contributed by atoms with Crippen molar-refractivity contribution in [2.75, 3.05) is 6.61 Å². The summed E-state index contributed by atoms with van der Waals surface area (Å²) in [5.74, 6) is -1.20. The Labute approximate surface area is 106 Å². The maximum Gasteiger partial charge on any atom is 0.237 e. The minimum absolute atomic E-state index is 0.191. The smallest absolute Gasteiger partial charge is 0.237 e. The summed E-state index contributed by atoms with van der Waals surface area (Å²) < 4.78 is 0. The Hall–Kier alpha value is -0.980. The number of aryl methyl sites for hydroxylation is 1. The van der Waals surface area contributed by atoms with E-state index in [1.165, 1.54) is 0 Å². The van der Waals surface area contributed by atoms with E-state index in [1.807, 2.05) is 30.3 Å². The Morgan fingerprint density at radius 1 is 1.28 bits per heavy atom. The van der Waals surface area contributed by atoms with Gasteiger partial charge in [-0.15, -0.1) is 0 Å². The molecule has 2 atom stereocenters. The Morgan fingerprint density at radius 3 is 2.56 bits per heavy atom. The van der Waals surface area contributed by atoms with Gasteiger partial charge in [0, 0.05) is 12.8 Å². The van der Waals surface area contributed by atoms with E-state index in [-0.39, 0.29) is 13.0 Å². The van der Waals surface area contributed by atoms with Crippen molar-refractivity contribution >= 4 is 0 Å². The zero-order chi connectivity index (χ0) is 13.1. The molecular weight excluding hydrogens is 236 g/mol. The molecule has 2 N–H and O–H groups in total. The molecule has 2 rings (SSSR count). The second kappa shape index (κ2) is 5.34. The van der Waals surface area contributed by atoms with E-state index in [2.05, 4.69) is 4.89 Å². The third-order valence-electron chi connectivity index (χ3n) is 3.18. The minimum Gasteiger partial charge on any atom is -0.393 e. The van der Waals surface area contributed by atoms with Gasteiger partial charge in [0.15, 0.2) is 0 Å². The highest BCUT2D eigenvalue weighted by Gasteiger charge is 2.50. The predicted molar refractivity (Wildman–Crippen MR) is 63.5 cm³/mol. The van der Waals surface area contributed by atoms with Gasteiger partial charge in [0.2, 0.25) is 5.79 Å². The number of rotatable bonds is 5. The largest absolute Gasteiger partial charge is 0.393 e. The number of aliphatic hydroxyl groups excluding tert-OH is 1. The van der Waals surface area contributed by atoms with Gasteiger partial charge in [0.05, 0.1) is 6.61 Å². The molecule has 0 unspecified atom stereocenters. The van der Waals surface area contributed by atoms with E-state index in [0.717, 1.165) is 5.56 Å². The fourth-order valence-electron chi connectivity index (χ4n) is 2.09. The van der Waals surface area contributed by atoms with Gasteiger partial charge in [0.1, 0.15) is 5.60 Å². The molecule has 18 heavy (non-hydrogen) atoms. The molecule has 5 heteroatoms. The quantitative estimate of drug-likeness (QED) is 0.620. The lowest BCUT2D eigenvalue weighted by Gasteiger charge is -2.22. The van der Waals surface area contributed by atoms with E-state index in [9.17, 15) is 5.11 Å². The Kier molecular flexibility index (Phi) is 3.99. The molecular formula is C13H18O5. The number of benzene rings is 1. The average Bonchev–Trinajstić information content (AvgIpc) is 2.77. The van der Waals surface area contributed by atoms with Crippen LogP contribution < -0.4 is 0 Å². The van der Waals surface area contributed by atoms with Crippen molar-refractivity contribution in [3.05, 3.63) is 35.9 Å². The topological polar surface area (TPSA) is 68.2 Å². The summed E-state index contributed by atoms with van der Waals surface area (Å²) >= 11 is 0. The lowest BCUT2D eigenvalue weighted by Crippen LogP contribution is -2.35. The van der Waals surface area contributed by atoms with E-state index >= 15 is 0 Å². The zero-order valence-electron chi connectivity index (χ0n) is 10.3. The van der Waals surface area contributed by atoms with Gasteiger partial charge in [0.25, 0.3) is 0 Å². The molecule has 0 spiro atoms. The second-order valence-electron chi connectivity index (χ2n) is 4.94. The van der Waals surface area contributed by atoms with Crippen LogP contribution in [0.5, 0.6) is 0 Å². The van der Waals surface area contributed by atoms with Crippen LogP contribution in [0.2, 0.25) is 0 Å². The first-order valence-corrected chi connectivity index (χ1v) is 5.96. The molecule has 1 aliphatic heterocycles. The molecule has 1 aliphatic rings. The normalized spacial score (nSPS) is 31.7. The van der Waals surface area contributed by atoms with Gasteiger partial charge >= 0.3 is 0 Å². The van der Waals surface area contributed by atoms with E-state index in [4.69, 9.17) is 15.0 Å². The summed E-state index contributed by atoms with van der Waals surface area (Å²) in [6.45, 7) is 1.51. The SMILES string of the molecule is C[C@]1(CO)C[C@@](CCc2ccccc2)(OO)OO1. The van der Waals surface area contributed by atoms with Gasteiger partial charge in [-0.25, -0.2) is 15.0 Å². The van der Waals surface area contributed by atoms with E-state index in [0.29, 0.717) is 12.8 Å². The summed E-state index contributed by atoms with van der Waals surface area (Å²) in [5, 5.41) is 18.2. The molecule has 0 saturated carbocycles. The lowest BCUT2D eigenvalue weighted by molar-refractivity contribution is -0.473. The number of aliphatic hydroxyl groups is 1. The van der Waals surface area contributed by atoms with Crippen molar-refractivity contribution in [2.45, 2.75) is 37.6 Å². The molecule has 0 amide bonds.